The van der Waals surface area contributed by atoms with Gasteiger partial charge in [0.1, 0.15) is 5.69 Å². The molecule has 5 nitrogen and oxygen atoms in total. The molecule has 1 unspecified atom stereocenters. The number of rotatable bonds is 5. The van der Waals surface area contributed by atoms with Crippen molar-refractivity contribution >= 4 is 17.5 Å². The molecule has 6 heteroatoms. The van der Waals surface area contributed by atoms with Crippen molar-refractivity contribution in [3.05, 3.63) is 41.0 Å². The van der Waals surface area contributed by atoms with E-state index in [1.807, 2.05) is 25.1 Å². The summed E-state index contributed by atoms with van der Waals surface area (Å²) >= 11 is 6.18. The van der Waals surface area contributed by atoms with Crippen molar-refractivity contribution in [2.24, 2.45) is 13.0 Å². The van der Waals surface area contributed by atoms with Gasteiger partial charge in [-0.15, -0.1) is 0 Å². The van der Waals surface area contributed by atoms with Crippen LogP contribution in [-0.2, 0) is 7.05 Å². The minimum Gasteiger partial charge on any atom is -0.396 e. The van der Waals surface area contributed by atoms with Crippen molar-refractivity contribution in [1.82, 2.24) is 15.1 Å². The van der Waals surface area contributed by atoms with Crippen LogP contribution in [0.25, 0.3) is 11.3 Å². The van der Waals surface area contributed by atoms with E-state index >= 15 is 0 Å². The lowest BCUT2D eigenvalue weighted by Crippen LogP contribution is -2.29. The third-order valence-electron chi connectivity index (χ3n) is 3.13. The van der Waals surface area contributed by atoms with Crippen LogP contribution in [0.4, 0.5) is 0 Å². The molecule has 2 rings (SSSR count). The predicted octanol–water partition coefficient (Wildman–Crippen LogP) is 2.10. The molecule has 0 aliphatic heterocycles. The normalized spacial score (nSPS) is 12.2. The number of amides is 1. The largest absolute Gasteiger partial charge is 0.396 e. The van der Waals surface area contributed by atoms with E-state index < -0.39 is 0 Å². The van der Waals surface area contributed by atoms with Crippen LogP contribution < -0.4 is 5.32 Å². The van der Waals surface area contributed by atoms with Gasteiger partial charge in [0.05, 0.1) is 10.6 Å². The minimum absolute atomic E-state index is 0.00869. The summed E-state index contributed by atoms with van der Waals surface area (Å²) < 4.78 is 1.59. The summed E-state index contributed by atoms with van der Waals surface area (Å²) in [7, 11) is 1.76. The Kier molecular flexibility index (Phi) is 4.98. The van der Waals surface area contributed by atoms with Crippen LogP contribution in [0.15, 0.2) is 30.5 Å². The van der Waals surface area contributed by atoms with Crippen LogP contribution in [0.3, 0.4) is 0 Å². The van der Waals surface area contributed by atoms with E-state index in [0.717, 1.165) is 5.56 Å². The summed E-state index contributed by atoms with van der Waals surface area (Å²) in [5.41, 5.74) is 1.74. The Morgan fingerprint density at radius 3 is 2.86 bits per heavy atom. The van der Waals surface area contributed by atoms with Crippen LogP contribution >= 0.6 is 11.6 Å². The highest BCUT2D eigenvalue weighted by atomic mass is 35.5. The first kappa shape index (κ1) is 15.5. The van der Waals surface area contributed by atoms with Crippen molar-refractivity contribution in [1.29, 1.82) is 0 Å². The van der Waals surface area contributed by atoms with Gasteiger partial charge < -0.3 is 10.4 Å². The number of hydrogen-bond donors (Lipinski definition) is 2. The third kappa shape index (κ3) is 3.62. The second-order valence-electron chi connectivity index (χ2n) is 5.04. The molecule has 0 fully saturated rings. The topological polar surface area (TPSA) is 67.2 Å². The van der Waals surface area contributed by atoms with E-state index in [0.29, 0.717) is 22.8 Å². The number of aliphatic hydroxyl groups excluding tert-OH is 1. The summed E-state index contributed by atoms with van der Waals surface area (Å²) in [6.45, 7) is 2.30. The smallest absolute Gasteiger partial charge is 0.255 e. The third-order valence-corrected chi connectivity index (χ3v) is 3.45. The van der Waals surface area contributed by atoms with Gasteiger partial charge in [-0.2, -0.15) is 5.10 Å². The van der Waals surface area contributed by atoms with E-state index in [2.05, 4.69) is 10.4 Å². The fourth-order valence-corrected chi connectivity index (χ4v) is 2.16. The molecule has 0 aliphatic carbocycles. The minimum atomic E-state index is -0.224. The molecular weight excluding hydrogens is 290 g/mol. The van der Waals surface area contributed by atoms with Crippen molar-refractivity contribution < 1.29 is 9.90 Å². The molecule has 112 valence electrons. The monoisotopic (exact) mass is 307 g/mol. The second kappa shape index (κ2) is 6.74. The van der Waals surface area contributed by atoms with Gasteiger partial charge in [0, 0.05) is 32.0 Å². The summed E-state index contributed by atoms with van der Waals surface area (Å²) in [6.07, 6.45) is 1.66. The molecule has 0 aliphatic rings. The molecule has 1 heterocycles. The van der Waals surface area contributed by atoms with Gasteiger partial charge in [-0.05, 0) is 12.0 Å². The molecule has 0 saturated heterocycles. The highest BCUT2D eigenvalue weighted by Crippen LogP contribution is 2.28. The van der Waals surface area contributed by atoms with Crippen LogP contribution in [0.2, 0.25) is 5.02 Å². The number of aromatic nitrogens is 2. The van der Waals surface area contributed by atoms with Gasteiger partial charge in [-0.1, -0.05) is 36.7 Å². The van der Waals surface area contributed by atoms with Crippen LogP contribution in [-0.4, -0.2) is 33.9 Å². The first-order chi connectivity index (χ1) is 10.0. The highest BCUT2D eigenvalue weighted by Gasteiger charge is 2.19. The lowest BCUT2D eigenvalue weighted by molar-refractivity contribution is 0.0943. The summed E-state index contributed by atoms with van der Waals surface area (Å²) in [5.74, 6) is -0.215. The van der Waals surface area contributed by atoms with Gasteiger partial charge in [0.2, 0.25) is 0 Å². The van der Waals surface area contributed by atoms with Crippen molar-refractivity contribution in [3.63, 3.8) is 0 Å². The predicted molar refractivity (Wildman–Crippen MR) is 82.2 cm³/mol. The molecule has 21 heavy (non-hydrogen) atoms. The summed E-state index contributed by atoms with van der Waals surface area (Å²) in [4.78, 5) is 12.3. The Bertz CT molecular complexity index is 640. The van der Waals surface area contributed by atoms with E-state index in [9.17, 15) is 4.79 Å². The Morgan fingerprint density at radius 1 is 1.48 bits per heavy atom. The number of benzene rings is 1. The molecule has 0 radical (unpaired) electrons. The number of aliphatic hydroxyl groups is 1. The number of halogens is 1. The van der Waals surface area contributed by atoms with Crippen molar-refractivity contribution in [2.75, 3.05) is 13.2 Å². The summed E-state index contributed by atoms with van der Waals surface area (Å²) in [5, 5.41) is 16.7. The molecule has 0 spiro atoms. The Morgan fingerprint density at radius 2 is 2.19 bits per heavy atom. The highest BCUT2D eigenvalue weighted by molar-refractivity contribution is 6.33. The quantitative estimate of drug-likeness (QED) is 0.889. The van der Waals surface area contributed by atoms with Gasteiger partial charge in [-0.25, -0.2) is 0 Å². The van der Waals surface area contributed by atoms with Gasteiger partial charge in [0.25, 0.3) is 5.91 Å². The van der Waals surface area contributed by atoms with E-state index in [1.165, 1.54) is 0 Å². The zero-order valence-corrected chi connectivity index (χ0v) is 12.8. The lowest BCUT2D eigenvalue weighted by atomic mass is 10.1. The zero-order valence-electron chi connectivity index (χ0n) is 12.0. The van der Waals surface area contributed by atoms with E-state index in [-0.39, 0.29) is 18.4 Å². The second-order valence-corrected chi connectivity index (χ2v) is 5.45. The fraction of sp³-hybridized carbons (Fsp3) is 0.333. The number of aryl methyl sites for hydroxylation is 1. The number of carbonyl (C=O) groups excluding carboxylic acids is 1. The number of nitrogens with zero attached hydrogens (tertiary/aromatic N) is 2. The molecule has 1 aromatic heterocycles. The van der Waals surface area contributed by atoms with Crippen LogP contribution in [0, 0.1) is 5.92 Å². The maximum atomic E-state index is 12.3. The molecule has 1 aromatic carbocycles. The molecule has 1 amide bonds. The average Bonchev–Trinajstić information content (AvgIpc) is 2.86. The Hall–Kier alpha value is -1.85. The molecule has 0 bridgehead atoms. The molecule has 0 saturated carbocycles. The first-order valence-corrected chi connectivity index (χ1v) is 7.08. The average molecular weight is 308 g/mol. The zero-order chi connectivity index (χ0) is 15.4. The van der Waals surface area contributed by atoms with Crippen LogP contribution in [0.1, 0.15) is 17.3 Å². The first-order valence-electron chi connectivity index (χ1n) is 6.70. The standard InChI is InChI=1S/C15H18ClN3O2/c1-10(9-20)7-17-15(21)12-8-19(2)18-14(12)11-5-3-4-6-13(11)16/h3-6,8,10,20H,7,9H2,1-2H3,(H,17,21). The summed E-state index contributed by atoms with van der Waals surface area (Å²) in [6, 6.07) is 7.28. The van der Waals surface area contributed by atoms with Gasteiger partial charge in [-0.3, -0.25) is 9.48 Å². The van der Waals surface area contributed by atoms with E-state index in [1.54, 1.807) is 24.0 Å². The van der Waals surface area contributed by atoms with Crippen molar-refractivity contribution in [2.45, 2.75) is 6.92 Å². The van der Waals surface area contributed by atoms with Crippen molar-refractivity contribution in [3.8, 4) is 11.3 Å². The Labute approximate surface area is 128 Å². The van der Waals surface area contributed by atoms with Gasteiger partial charge in [0.15, 0.2) is 0 Å². The van der Waals surface area contributed by atoms with Crippen LogP contribution in [0.5, 0.6) is 0 Å². The Balaban J connectivity index is 2.29. The maximum absolute atomic E-state index is 12.3. The maximum Gasteiger partial charge on any atom is 0.255 e. The molecule has 2 N–H and O–H groups in total. The number of hydrogen-bond acceptors (Lipinski definition) is 3. The fourth-order valence-electron chi connectivity index (χ4n) is 1.93. The lowest BCUT2D eigenvalue weighted by Gasteiger charge is -2.09. The van der Waals surface area contributed by atoms with E-state index in [4.69, 9.17) is 16.7 Å². The van der Waals surface area contributed by atoms with Gasteiger partial charge >= 0.3 is 0 Å². The molecular formula is C15H18ClN3O2. The number of carbonyl (C=O) groups is 1. The SMILES string of the molecule is CC(CO)CNC(=O)c1cn(C)nc1-c1ccccc1Cl. The molecule has 2 aromatic rings. The molecule has 1 atom stereocenters. The number of nitrogens with one attached hydrogen (secondary N) is 1.